The number of amides is 1. The van der Waals surface area contributed by atoms with Crippen molar-refractivity contribution >= 4 is 17.3 Å². The van der Waals surface area contributed by atoms with E-state index in [4.69, 9.17) is 4.74 Å². The highest BCUT2D eigenvalue weighted by atomic mass is 16.5. The SMILES string of the molecule is CCCCCCCCN(CCCCCCCC)c1cc(NC(=O)CCCC)ccc1OC. The number of benzene rings is 1. The molecule has 0 aromatic heterocycles. The number of carbonyl (C=O) groups is 1. The molecule has 184 valence electrons. The molecule has 0 radical (unpaired) electrons. The van der Waals surface area contributed by atoms with Crippen molar-refractivity contribution in [1.29, 1.82) is 0 Å². The summed E-state index contributed by atoms with van der Waals surface area (Å²) in [4.78, 5) is 14.7. The molecule has 0 saturated carbocycles. The average molecular weight is 447 g/mol. The van der Waals surface area contributed by atoms with Crippen LogP contribution >= 0.6 is 0 Å². The lowest BCUT2D eigenvalue weighted by atomic mass is 10.1. The molecule has 1 rings (SSSR count). The van der Waals surface area contributed by atoms with Crippen LogP contribution in [0.3, 0.4) is 0 Å². The molecule has 4 heteroatoms. The molecule has 0 heterocycles. The van der Waals surface area contributed by atoms with E-state index in [0.29, 0.717) is 6.42 Å². The minimum atomic E-state index is 0.0985. The van der Waals surface area contributed by atoms with E-state index in [1.54, 1.807) is 7.11 Å². The first-order valence-corrected chi connectivity index (χ1v) is 13.4. The maximum atomic E-state index is 12.2. The predicted molar refractivity (Wildman–Crippen MR) is 140 cm³/mol. The van der Waals surface area contributed by atoms with E-state index in [0.717, 1.165) is 43.1 Å². The molecule has 1 N–H and O–H groups in total. The van der Waals surface area contributed by atoms with Gasteiger partial charge in [0.2, 0.25) is 5.91 Å². The third kappa shape index (κ3) is 12.4. The lowest BCUT2D eigenvalue weighted by Gasteiger charge is -2.27. The van der Waals surface area contributed by atoms with E-state index in [2.05, 4.69) is 37.1 Å². The van der Waals surface area contributed by atoms with Crippen molar-refractivity contribution in [2.24, 2.45) is 0 Å². The Labute approximate surface area is 198 Å². The molecule has 0 aliphatic rings. The number of methoxy groups -OCH3 is 1. The van der Waals surface area contributed by atoms with Crippen molar-refractivity contribution < 1.29 is 9.53 Å². The highest BCUT2D eigenvalue weighted by Gasteiger charge is 2.14. The van der Waals surface area contributed by atoms with E-state index >= 15 is 0 Å². The normalized spacial score (nSPS) is 10.9. The smallest absolute Gasteiger partial charge is 0.224 e. The summed E-state index contributed by atoms with van der Waals surface area (Å²) in [7, 11) is 1.74. The number of unbranched alkanes of at least 4 members (excludes halogenated alkanes) is 11. The number of rotatable bonds is 20. The van der Waals surface area contributed by atoms with Crippen LogP contribution in [0, 0.1) is 0 Å². The van der Waals surface area contributed by atoms with Gasteiger partial charge in [0, 0.05) is 25.2 Å². The van der Waals surface area contributed by atoms with E-state index in [-0.39, 0.29) is 5.91 Å². The summed E-state index contributed by atoms with van der Waals surface area (Å²) in [6.07, 6.45) is 18.1. The van der Waals surface area contributed by atoms with Gasteiger partial charge < -0.3 is 15.0 Å². The summed E-state index contributed by atoms with van der Waals surface area (Å²) < 4.78 is 5.72. The molecule has 0 spiro atoms. The average Bonchev–Trinajstić information content (AvgIpc) is 2.80. The summed E-state index contributed by atoms with van der Waals surface area (Å²) in [5.41, 5.74) is 1.99. The van der Waals surface area contributed by atoms with Gasteiger partial charge >= 0.3 is 0 Å². The Morgan fingerprint density at radius 1 is 0.781 bits per heavy atom. The Morgan fingerprint density at radius 3 is 1.84 bits per heavy atom. The molecular weight excluding hydrogens is 396 g/mol. The van der Waals surface area contributed by atoms with Crippen molar-refractivity contribution in [1.82, 2.24) is 0 Å². The molecule has 32 heavy (non-hydrogen) atoms. The number of anilines is 2. The second-order valence-corrected chi connectivity index (χ2v) is 9.06. The fourth-order valence-corrected chi connectivity index (χ4v) is 4.09. The largest absolute Gasteiger partial charge is 0.495 e. The van der Waals surface area contributed by atoms with Crippen molar-refractivity contribution in [3.8, 4) is 5.75 Å². The maximum absolute atomic E-state index is 12.2. The molecule has 4 nitrogen and oxygen atoms in total. The highest BCUT2D eigenvalue weighted by Crippen LogP contribution is 2.32. The second kappa shape index (κ2) is 18.8. The van der Waals surface area contributed by atoms with Gasteiger partial charge in [-0.1, -0.05) is 91.4 Å². The number of hydrogen-bond donors (Lipinski definition) is 1. The maximum Gasteiger partial charge on any atom is 0.224 e. The molecule has 0 saturated heterocycles. The van der Waals surface area contributed by atoms with Crippen molar-refractivity contribution in [3.63, 3.8) is 0 Å². The molecule has 1 aromatic rings. The van der Waals surface area contributed by atoms with Gasteiger partial charge in [-0.15, -0.1) is 0 Å². The first kappa shape index (κ1) is 28.3. The standard InChI is InChI=1S/C28H50N2O2/c1-5-8-11-13-15-17-22-30(23-18-16-14-12-9-6-2)26-24-25(20-21-27(26)32-4)29-28(31)19-10-7-3/h20-21,24H,5-19,22-23H2,1-4H3,(H,29,31). The Morgan fingerprint density at radius 2 is 1.31 bits per heavy atom. The number of nitrogens with zero attached hydrogens (tertiary/aromatic N) is 1. The molecule has 0 aliphatic heterocycles. The van der Waals surface area contributed by atoms with Crippen LogP contribution in [0.15, 0.2) is 18.2 Å². The van der Waals surface area contributed by atoms with Crippen LogP contribution in [0.5, 0.6) is 5.75 Å². The third-order valence-corrected chi connectivity index (χ3v) is 6.12. The second-order valence-electron chi connectivity index (χ2n) is 9.06. The lowest BCUT2D eigenvalue weighted by Crippen LogP contribution is -2.26. The summed E-state index contributed by atoms with van der Waals surface area (Å²) in [6.45, 7) is 8.74. The summed E-state index contributed by atoms with van der Waals surface area (Å²) in [5.74, 6) is 0.995. The topological polar surface area (TPSA) is 41.6 Å². The number of carbonyl (C=O) groups excluding carboxylic acids is 1. The quantitative estimate of drug-likeness (QED) is 0.205. The van der Waals surface area contributed by atoms with E-state index in [1.807, 2.05) is 12.1 Å². The molecule has 0 aliphatic carbocycles. The zero-order valence-corrected chi connectivity index (χ0v) is 21.5. The molecule has 0 atom stereocenters. The lowest BCUT2D eigenvalue weighted by molar-refractivity contribution is -0.116. The molecule has 0 bridgehead atoms. The third-order valence-electron chi connectivity index (χ3n) is 6.12. The Bertz CT molecular complexity index is 587. The van der Waals surface area contributed by atoms with Gasteiger partial charge in [-0.05, 0) is 37.5 Å². The molecule has 1 aromatic carbocycles. The first-order chi connectivity index (χ1) is 15.7. The monoisotopic (exact) mass is 446 g/mol. The van der Waals surface area contributed by atoms with Gasteiger partial charge in [-0.2, -0.15) is 0 Å². The molecule has 0 fully saturated rings. The van der Waals surface area contributed by atoms with Gasteiger partial charge in [0.1, 0.15) is 5.75 Å². The fourth-order valence-electron chi connectivity index (χ4n) is 4.09. The minimum Gasteiger partial charge on any atom is -0.495 e. The summed E-state index contributed by atoms with van der Waals surface area (Å²) >= 11 is 0. The molecular formula is C28H50N2O2. The summed E-state index contributed by atoms with van der Waals surface area (Å²) in [5, 5.41) is 3.08. The van der Waals surface area contributed by atoms with Crippen LogP contribution in [0.4, 0.5) is 11.4 Å². The zero-order valence-electron chi connectivity index (χ0n) is 21.5. The number of ether oxygens (including phenoxy) is 1. The number of hydrogen-bond acceptors (Lipinski definition) is 3. The van der Waals surface area contributed by atoms with E-state index in [1.165, 1.54) is 77.0 Å². The van der Waals surface area contributed by atoms with Crippen molar-refractivity contribution in [2.75, 3.05) is 30.4 Å². The Hall–Kier alpha value is -1.71. The predicted octanol–water partition coefficient (Wildman–Crippen LogP) is 8.35. The zero-order chi connectivity index (χ0) is 23.4. The van der Waals surface area contributed by atoms with Crippen LogP contribution in [-0.2, 0) is 4.79 Å². The van der Waals surface area contributed by atoms with Crippen molar-refractivity contribution in [3.05, 3.63) is 18.2 Å². The van der Waals surface area contributed by atoms with Crippen LogP contribution in [0.1, 0.15) is 117 Å². The van der Waals surface area contributed by atoms with Crippen LogP contribution in [0.25, 0.3) is 0 Å². The summed E-state index contributed by atoms with van der Waals surface area (Å²) in [6, 6.07) is 6.07. The minimum absolute atomic E-state index is 0.0985. The van der Waals surface area contributed by atoms with Gasteiger partial charge in [0.25, 0.3) is 0 Å². The van der Waals surface area contributed by atoms with Crippen LogP contribution < -0.4 is 15.0 Å². The van der Waals surface area contributed by atoms with Gasteiger partial charge in [0.15, 0.2) is 0 Å². The Balaban J connectivity index is 2.80. The van der Waals surface area contributed by atoms with Gasteiger partial charge in [-0.3, -0.25) is 4.79 Å². The van der Waals surface area contributed by atoms with E-state index < -0.39 is 0 Å². The van der Waals surface area contributed by atoms with Crippen molar-refractivity contribution in [2.45, 2.75) is 117 Å². The van der Waals surface area contributed by atoms with Gasteiger partial charge in [-0.25, -0.2) is 0 Å². The molecule has 1 amide bonds. The van der Waals surface area contributed by atoms with Crippen LogP contribution in [-0.4, -0.2) is 26.1 Å². The van der Waals surface area contributed by atoms with Gasteiger partial charge in [0.05, 0.1) is 12.8 Å². The van der Waals surface area contributed by atoms with E-state index in [9.17, 15) is 4.79 Å². The van der Waals surface area contributed by atoms with Crippen LogP contribution in [0.2, 0.25) is 0 Å². The number of nitrogens with one attached hydrogen (secondary N) is 1. The fraction of sp³-hybridized carbons (Fsp3) is 0.750. The first-order valence-electron chi connectivity index (χ1n) is 13.4. The molecule has 0 unspecified atom stereocenters. The Kier molecular flexibility index (Phi) is 16.7. The highest BCUT2D eigenvalue weighted by molar-refractivity contribution is 5.91.